The zero-order valence-electron chi connectivity index (χ0n) is 9.44. The Morgan fingerprint density at radius 2 is 1.13 bits per heavy atom. The van der Waals surface area contributed by atoms with Crippen LogP contribution in [0.2, 0.25) is 0 Å². The zero-order chi connectivity index (χ0) is 7.61. The molecule has 0 saturated carbocycles. The summed E-state index contributed by atoms with van der Waals surface area (Å²) < 4.78 is 0.890. The van der Waals surface area contributed by atoms with Crippen LogP contribution in [-0.2, 0) is 0 Å². The Balaban J connectivity index is -0.0000000667. The van der Waals surface area contributed by atoms with E-state index in [1.54, 1.807) is 0 Å². The maximum absolute atomic E-state index is 2.16. The molecule has 0 aliphatic rings. The van der Waals surface area contributed by atoms with Gasteiger partial charge in [0.25, 0.3) is 0 Å². The highest BCUT2D eigenvalue weighted by Crippen LogP contribution is 2.14. The molecule has 0 spiro atoms. The van der Waals surface area contributed by atoms with Gasteiger partial charge in [0.15, 0.2) is 0 Å². The Bertz CT molecular complexity index is 212. The van der Waals surface area contributed by atoms with Crippen molar-refractivity contribution in [3.05, 3.63) is 30.3 Å². The predicted molar refractivity (Wildman–Crippen MR) is 76.7 cm³/mol. The van der Waals surface area contributed by atoms with E-state index in [1.165, 1.54) is 5.69 Å². The SMILES string of the molecule is Br.Br.C[N+](C)(C)c1ccccc1.N.N.[Br-]. The molecular weight excluding hydrogens is 390 g/mol. The van der Waals surface area contributed by atoms with E-state index in [1.807, 2.05) is 6.07 Å². The molecule has 0 aromatic heterocycles. The van der Waals surface area contributed by atoms with Crippen LogP contribution >= 0.6 is 34.0 Å². The van der Waals surface area contributed by atoms with E-state index in [2.05, 4.69) is 45.4 Å². The molecule has 0 atom stereocenters. The second-order valence-corrected chi connectivity index (χ2v) is 3.35. The number of hydrogen-bond acceptors (Lipinski definition) is 2. The van der Waals surface area contributed by atoms with E-state index in [0.717, 1.165) is 4.48 Å². The van der Waals surface area contributed by atoms with Crippen molar-refractivity contribution in [2.75, 3.05) is 21.1 Å². The molecule has 0 bridgehead atoms. The second kappa shape index (κ2) is 12.6. The summed E-state index contributed by atoms with van der Waals surface area (Å²) in [6, 6.07) is 10.5. The first-order valence-electron chi connectivity index (χ1n) is 3.48. The van der Waals surface area contributed by atoms with Crippen molar-refractivity contribution in [1.29, 1.82) is 0 Å². The molecule has 15 heavy (non-hydrogen) atoms. The minimum atomic E-state index is 0. The van der Waals surface area contributed by atoms with Crippen LogP contribution < -0.4 is 33.8 Å². The van der Waals surface area contributed by atoms with Gasteiger partial charge in [0, 0.05) is 0 Å². The summed E-state index contributed by atoms with van der Waals surface area (Å²) >= 11 is 0. The molecule has 0 unspecified atom stereocenters. The van der Waals surface area contributed by atoms with Crippen molar-refractivity contribution in [2.24, 2.45) is 0 Å². The van der Waals surface area contributed by atoms with E-state index in [0.29, 0.717) is 0 Å². The Hall–Kier alpha value is 0.540. The third-order valence-electron chi connectivity index (χ3n) is 1.53. The summed E-state index contributed by atoms with van der Waals surface area (Å²) in [5, 5.41) is 0. The largest absolute Gasteiger partial charge is 1.00 e. The number of para-hydroxylation sites is 1. The molecule has 0 heterocycles. The summed E-state index contributed by atoms with van der Waals surface area (Å²) in [7, 11) is 6.49. The molecule has 0 radical (unpaired) electrons. The Kier molecular flexibility index (Phi) is 24.9. The summed E-state index contributed by atoms with van der Waals surface area (Å²) in [6.45, 7) is 0. The Morgan fingerprint density at radius 3 is 1.33 bits per heavy atom. The van der Waals surface area contributed by atoms with Gasteiger partial charge < -0.3 is 29.3 Å². The highest BCUT2D eigenvalue weighted by Gasteiger charge is 2.08. The van der Waals surface area contributed by atoms with Gasteiger partial charge in [0.05, 0.1) is 21.1 Å². The molecule has 0 aliphatic heterocycles. The van der Waals surface area contributed by atoms with Crippen LogP contribution in [0.15, 0.2) is 30.3 Å². The van der Waals surface area contributed by atoms with Crippen LogP contribution in [0.4, 0.5) is 5.69 Å². The van der Waals surface area contributed by atoms with Crippen molar-refractivity contribution in [3.63, 3.8) is 0 Å². The fourth-order valence-corrected chi connectivity index (χ4v) is 0.875. The molecule has 94 valence electrons. The minimum Gasteiger partial charge on any atom is -1.00 e. The Morgan fingerprint density at radius 1 is 0.800 bits per heavy atom. The highest BCUT2D eigenvalue weighted by molar-refractivity contribution is 8.93. The van der Waals surface area contributed by atoms with Gasteiger partial charge in [-0.3, -0.25) is 4.48 Å². The summed E-state index contributed by atoms with van der Waals surface area (Å²) in [4.78, 5) is 0. The first kappa shape index (κ1) is 29.6. The third kappa shape index (κ3) is 10.8. The first-order chi connectivity index (χ1) is 4.61. The summed E-state index contributed by atoms with van der Waals surface area (Å²) in [5.41, 5.74) is 1.34. The van der Waals surface area contributed by atoms with Gasteiger partial charge in [-0.05, 0) is 12.1 Å². The van der Waals surface area contributed by atoms with Crippen molar-refractivity contribution in [1.82, 2.24) is 16.8 Å². The fraction of sp³-hybridized carbons (Fsp3) is 0.333. The molecule has 0 amide bonds. The van der Waals surface area contributed by atoms with E-state index < -0.39 is 0 Å². The fourth-order valence-electron chi connectivity index (χ4n) is 0.875. The molecule has 1 rings (SSSR count). The van der Waals surface area contributed by atoms with Crippen LogP contribution in [0.3, 0.4) is 0 Å². The van der Waals surface area contributed by atoms with Crippen molar-refractivity contribution >= 4 is 39.7 Å². The van der Waals surface area contributed by atoms with E-state index in [4.69, 9.17) is 0 Å². The van der Waals surface area contributed by atoms with Gasteiger partial charge in [0.2, 0.25) is 0 Å². The first-order valence-corrected chi connectivity index (χ1v) is 3.48. The average Bonchev–Trinajstić information content (AvgIpc) is 1.88. The standard InChI is InChI=1S/C9H14N.3BrH.2H3N/c1-10(2,3)9-7-5-4-6-8-9;;;;;/h4-8H,1-3H3;3*1H;2*1H3/q+1;;;;;/p-1. The van der Waals surface area contributed by atoms with Gasteiger partial charge >= 0.3 is 0 Å². The topological polar surface area (TPSA) is 70.0 Å². The lowest BCUT2D eigenvalue weighted by Gasteiger charge is -2.22. The predicted octanol–water partition coefficient (Wildman–Crippen LogP) is 0.367. The van der Waals surface area contributed by atoms with Gasteiger partial charge in [-0.15, -0.1) is 34.0 Å². The number of halogens is 3. The lowest BCUT2D eigenvalue weighted by atomic mass is 10.3. The zero-order valence-corrected chi connectivity index (χ0v) is 14.5. The number of quaternary nitrogens is 1. The average molecular weight is 412 g/mol. The summed E-state index contributed by atoms with van der Waals surface area (Å²) in [6.07, 6.45) is 0. The van der Waals surface area contributed by atoms with Crippen LogP contribution in [0, 0.1) is 0 Å². The molecule has 3 nitrogen and oxygen atoms in total. The lowest BCUT2D eigenvalue weighted by Crippen LogP contribution is -3.00. The molecule has 6 heteroatoms. The van der Waals surface area contributed by atoms with Gasteiger partial charge in [-0.25, -0.2) is 0 Å². The second-order valence-electron chi connectivity index (χ2n) is 3.35. The molecular formula is C9H22Br3N3. The van der Waals surface area contributed by atoms with E-state index in [-0.39, 0.29) is 63.2 Å². The lowest BCUT2D eigenvalue weighted by molar-refractivity contribution is -0.00000350. The number of rotatable bonds is 1. The summed E-state index contributed by atoms with van der Waals surface area (Å²) in [5.74, 6) is 0. The Labute approximate surface area is 124 Å². The third-order valence-corrected chi connectivity index (χ3v) is 1.53. The number of hydrogen-bond donors (Lipinski definition) is 2. The van der Waals surface area contributed by atoms with Crippen molar-refractivity contribution in [3.8, 4) is 0 Å². The number of nitrogens with zero attached hydrogens (tertiary/aromatic N) is 1. The molecule has 0 aliphatic carbocycles. The van der Waals surface area contributed by atoms with Crippen LogP contribution in [0.25, 0.3) is 0 Å². The maximum atomic E-state index is 2.16. The normalized spacial score (nSPS) is 7.67. The van der Waals surface area contributed by atoms with Crippen LogP contribution in [-0.4, -0.2) is 21.1 Å². The van der Waals surface area contributed by atoms with Gasteiger partial charge in [-0.2, -0.15) is 0 Å². The van der Waals surface area contributed by atoms with Crippen molar-refractivity contribution < 1.29 is 17.0 Å². The smallest absolute Gasteiger partial charge is 0.132 e. The quantitative estimate of drug-likeness (QED) is 0.655. The van der Waals surface area contributed by atoms with Crippen LogP contribution in [0.5, 0.6) is 0 Å². The van der Waals surface area contributed by atoms with E-state index in [9.17, 15) is 0 Å². The minimum absolute atomic E-state index is 0. The number of benzene rings is 1. The van der Waals surface area contributed by atoms with E-state index >= 15 is 0 Å². The van der Waals surface area contributed by atoms with Gasteiger partial charge in [-0.1, -0.05) is 18.2 Å². The monoisotopic (exact) mass is 409 g/mol. The molecule has 0 fully saturated rings. The molecule has 0 saturated heterocycles. The molecule has 1 aromatic rings. The molecule has 1 aromatic carbocycles. The van der Waals surface area contributed by atoms with Crippen LogP contribution in [0.1, 0.15) is 0 Å². The van der Waals surface area contributed by atoms with Gasteiger partial charge in [0.1, 0.15) is 5.69 Å². The molecule has 6 N–H and O–H groups in total. The highest BCUT2D eigenvalue weighted by atomic mass is 79.9. The maximum Gasteiger partial charge on any atom is 0.132 e. The van der Waals surface area contributed by atoms with Crippen molar-refractivity contribution in [2.45, 2.75) is 0 Å².